The highest BCUT2D eigenvalue weighted by molar-refractivity contribution is 6.02. The molecule has 1 aliphatic heterocycles. The van der Waals surface area contributed by atoms with Crippen LogP contribution in [-0.2, 0) is 4.74 Å². The van der Waals surface area contributed by atoms with E-state index in [-0.39, 0.29) is 11.4 Å². The molecule has 0 atom stereocenters. The topological polar surface area (TPSA) is 54.5 Å². The number of rotatable bonds is 3. The summed E-state index contributed by atoms with van der Waals surface area (Å²) in [5.41, 5.74) is 1.29. The third-order valence-electron chi connectivity index (χ3n) is 3.53. The third kappa shape index (κ3) is 3.62. The molecule has 2 heterocycles. The van der Waals surface area contributed by atoms with Crippen LogP contribution in [0.4, 0.5) is 20.2 Å². The average Bonchev–Trinajstić information content (AvgIpc) is 2.59. The first-order chi connectivity index (χ1) is 11.1. The zero-order valence-electron chi connectivity index (χ0n) is 12.3. The van der Waals surface area contributed by atoms with Gasteiger partial charge in [-0.3, -0.25) is 4.79 Å². The van der Waals surface area contributed by atoms with Gasteiger partial charge in [-0.15, -0.1) is 0 Å². The zero-order chi connectivity index (χ0) is 16.2. The Hall–Kier alpha value is -2.54. The number of benzene rings is 1. The van der Waals surface area contributed by atoms with Crippen molar-refractivity contribution in [1.29, 1.82) is 0 Å². The quantitative estimate of drug-likeness (QED) is 0.944. The molecule has 0 aliphatic carbocycles. The van der Waals surface area contributed by atoms with Gasteiger partial charge in [-0.1, -0.05) is 0 Å². The Morgan fingerprint density at radius 2 is 1.91 bits per heavy atom. The van der Waals surface area contributed by atoms with Crippen LogP contribution in [0.15, 0.2) is 36.5 Å². The van der Waals surface area contributed by atoms with Crippen LogP contribution >= 0.6 is 0 Å². The Morgan fingerprint density at radius 3 is 2.57 bits per heavy atom. The molecule has 2 aromatic rings. The van der Waals surface area contributed by atoms with E-state index < -0.39 is 17.5 Å². The first-order valence-corrected chi connectivity index (χ1v) is 7.18. The molecule has 1 aromatic carbocycles. The van der Waals surface area contributed by atoms with Gasteiger partial charge in [-0.2, -0.15) is 0 Å². The maximum absolute atomic E-state index is 13.1. The summed E-state index contributed by atoms with van der Waals surface area (Å²) in [7, 11) is 0. The number of pyridine rings is 1. The first kappa shape index (κ1) is 15.4. The summed E-state index contributed by atoms with van der Waals surface area (Å²) in [4.78, 5) is 18.3. The number of anilines is 2. The maximum Gasteiger partial charge on any atom is 0.274 e. The smallest absolute Gasteiger partial charge is 0.274 e. The standard InChI is InChI=1S/C16H15F2N3O2/c17-13-3-1-11(9-14(13)18)20-16(22)15-4-2-12(10-19-15)21-5-7-23-8-6-21/h1-4,9-10H,5-8H2,(H,20,22). The lowest BCUT2D eigenvalue weighted by Crippen LogP contribution is -2.36. The summed E-state index contributed by atoms with van der Waals surface area (Å²) in [6.45, 7) is 2.89. The van der Waals surface area contributed by atoms with Crippen LogP contribution in [0.25, 0.3) is 0 Å². The number of morpholine rings is 1. The highest BCUT2D eigenvalue weighted by Crippen LogP contribution is 2.17. The van der Waals surface area contributed by atoms with E-state index in [1.54, 1.807) is 18.3 Å². The second kappa shape index (κ2) is 6.70. The van der Waals surface area contributed by atoms with Crippen molar-refractivity contribution < 1.29 is 18.3 Å². The molecular weight excluding hydrogens is 304 g/mol. The van der Waals surface area contributed by atoms with E-state index in [0.29, 0.717) is 13.2 Å². The van der Waals surface area contributed by atoms with Gasteiger partial charge in [-0.25, -0.2) is 13.8 Å². The van der Waals surface area contributed by atoms with Crippen LogP contribution in [0.1, 0.15) is 10.5 Å². The van der Waals surface area contributed by atoms with Gasteiger partial charge in [0.2, 0.25) is 0 Å². The fourth-order valence-corrected chi connectivity index (χ4v) is 2.30. The number of halogens is 2. The maximum atomic E-state index is 13.1. The summed E-state index contributed by atoms with van der Waals surface area (Å²) in [6.07, 6.45) is 1.62. The lowest BCUT2D eigenvalue weighted by atomic mass is 10.2. The SMILES string of the molecule is O=C(Nc1ccc(F)c(F)c1)c1ccc(N2CCOCC2)cn1. The van der Waals surface area contributed by atoms with Gasteiger partial charge in [0.15, 0.2) is 11.6 Å². The predicted molar refractivity (Wildman–Crippen MR) is 81.6 cm³/mol. The monoisotopic (exact) mass is 319 g/mol. The Morgan fingerprint density at radius 1 is 1.13 bits per heavy atom. The molecule has 0 saturated carbocycles. The van der Waals surface area contributed by atoms with Gasteiger partial charge >= 0.3 is 0 Å². The lowest BCUT2D eigenvalue weighted by molar-refractivity contribution is 0.102. The van der Waals surface area contributed by atoms with Crippen LogP contribution in [-0.4, -0.2) is 37.2 Å². The molecule has 3 rings (SSSR count). The van der Waals surface area contributed by atoms with Gasteiger partial charge < -0.3 is 15.0 Å². The Kier molecular flexibility index (Phi) is 4.47. The molecule has 0 bridgehead atoms. The lowest BCUT2D eigenvalue weighted by Gasteiger charge is -2.28. The van der Waals surface area contributed by atoms with Crippen molar-refractivity contribution in [2.75, 3.05) is 36.5 Å². The van der Waals surface area contributed by atoms with Crippen molar-refractivity contribution in [3.63, 3.8) is 0 Å². The number of ether oxygens (including phenoxy) is 1. The fraction of sp³-hybridized carbons (Fsp3) is 0.250. The summed E-state index contributed by atoms with van der Waals surface area (Å²) < 4.78 is 31.3. The van der Waals surface area contributed by atoms with E-state index in [1.807, 2.05) is 0 Å². The highest BCUT2D eigenvalue weighted by atomic mass is 19.2. The van der Waals surface area contributed by atoms with Crippen molar-refractivity contribution in [3.8, 4) is 0 Å². The van der Waals surface area contributed by atoms with Gasteiger partial charge in [0.25, 0.3) is 5.91 Å². The minimum absolute atomic E-state index is 0.174. The van der Waals surface area contributed by atoms with Crippen LogP contribution in [0.3, 0.4) is 0 Å². The van der Waals surface area contributed by atoms with Gasteiger partial charge in [0, 0.05) is 24.8 Å². The van der Waals surface area contributed by atoms with Crippen molar-refractivity contribution in [1.82, 2.24) is 4.98 Å². The number of aromatic nitrogens is 1. The fourth-order valence-electron chi connectivity index (χ4n) is 2.30. The van der Waals surface area contributed by atoms with Crippen LogP contribution in [0.5, 0.6) is 0 Å². The van der Waals surface area contributed by atoms with Crippen molar-refractivity contribution in [2.24, 2.45) is 0 Å². The molecule has 23 heavy (non-hydrogen) atoms. The second-order valence-electron chi connectivity index (χ2n) is 5.08. The predicted octanol–water partition coefficient (Wildman–Crippen LogP) is 2.45. The van der Waals surface area contributed by atoms with E-state index in [0.717, 1.165) is 30.9 Å². The minimum atomic E-state index is -1.02. The third-order valence-corrected chi connectivity index (χ3v) is 3.53. The molecule has 1 N–H and O–H groups in total. The van der Waals surface area contributed by atoms with Gasteiger partial charge in [-0.05, 0) is 24.3 Å². The van der Waals surface area contributed by atoms with E-state index in [2.05, 4.69) is 15.2 Å². The van der Waals surface area contributed by atoms with E-state index >= 15 is 0 Å². The van der Waals surface area contributed by atoms with Crippen molar-refractivity contribution in [2.45, 2.75) is 0 Å². The molecule has 0 spiro atoms. The number of carbonyl (C=O) groups is 1. The number of carbonyl (C=O) groups excluding carboxylic acids is 1. The molecule has 120 valence electrons. The van der Waals surface area contributed by atoms with E-state index in [9.17, 15) is 13.6 Å². The number of nitrogens with zero attached hydrogens (tertiary/aromatic N) is 2. The van der Waals surface area contributed by atoms with Gasteiger partial charge in [0.05, 0.1) is 25.1 Å². The van der Waals surface area contributed by atoms with Crippen LogP contribution in [0.2, 0.25) is 0 Å². The molecule has 1 fully saturated rings. The summed E-state index contributed by atoms with van der Waals surface area (Å²) in [6, 6.07) is 6.58. The molecule has 5 nitrogen and oxygen atoms in total. The van der Waals surface area contributed by atoms with Crippen LogP contribution in [0, 0.1) is 11.6 Å². The van der Waals surface area contributed by atoms with Crippen molar-refractivity contribution >= 4 is 17.3 Å². The molecule has 1 amide bonds. The summed E-state index contributed by atoms with van der Waals surface area (Å²) in [5.74, 6) is -2.46. The zero-order valence-corrected chi connectivity index (χ0v) is 12.3. The molecule has 1 saturated heterocycles. The second-order valence-corrected chi connectivity index (χ2v) is 5.08. The summed E-state index contributed by atoms with van der Waals surface area (Å²) >= 11 is 0. The number of amides is 1. The van der Waals surface area contributed by atoms with Crippen molar-refractivity contribution in [3.05, 3.63) is 53.9 Å². The Bertz CT molecular complexity index is 701. The van der Waals surface area contributed by atoms with E-state index in [1.165, 1.54) is 6.07 Å². The highest BCUT2D eigenvalue weighted by Gasteiger charge is 2.13. The molecule has 0 unspecified atom stereocenters. The van der Waals surface area contributed by atoms with E-state index in [4.69, 9.17) is 4.74 Å². The number of nitrogens with one attached hydrogen (secondary N) is 1. The Balaban J connectivity index is 1.68. The molecular formula is C16H15F2N3O2. The molecule has 7 heteroatoms. The number of hydrogen-bond acceptors (Lipinski definition) is 4. The largest absolute Gasteiger partial charge is 0.378 e. The molecule has 0 radical (unpaired) electrons. The summed E-state index contributed by atoms with van der Waals surface area (Å²) in [5, 5.41) is 2.48. The Labute approximate surface area is 131 Å². The average molecular weight is 319 g/mol. The van der Waals surface area contributed by atoms with Crippen LogP contribution < -0.4 is 10.2 Å². The molecule has 1 aromatic heterocycles. The van der Waals surface area contributed by atoms with Gasteiger partial charge in [0.1, 0.15) is 5.69 Å². The first-order valence-electron chi connectivity index (χ1n) is 7.18. The normalized spacial score (nSPS) is 14.6. The number of hydrogen-bond donors (Lipinski definition) is 1. The minimum Gasteiger partial charge on any atom is -0.378 e. The molecule has 1 aliphatic rings.